The molecule has 0 spiro atoms. The van der Waals surface area contributed by atoms with Crippen LogP contribution in [0.5, 0.6) is 0 Å². The molecule has 0 saturated carbocycles. The fraction of sp³-hybridized carbons (Fsp3) is 0.182. The molecule has 0 fully saturated rings. The summed E-state index contributed by atoms with van der Waals surface area (Å²) in [6.07, 6.45) is 3.23. The highest BCUT2D eigenvalue weighted by molar-refractivity contribution is 8.00. The molecular formula is C22H19FN4O2S2. The van der Waals surface area contributed by atoms with Crippen LogP contribution in [0.4, 0.5) is 9.52 Å². The number of carbonyl (C=O) groups is 1. The molecule has 0 unspecified atom stereocenters. The number of aryl methyl sites for hydroxylation is 1. The van der Waals surface area contributed by atoms with Crippen molar-refractivity contribution in [2.24, 2.45) is 0 Å². The standard InChI is InChI=1S/C22H19FN4O2S2/c23-17-11-9-15(10-12-17)14-30-22-27-26-21(31-22)25-19(28)7-4-8-20-24-13-18(29-20)16-5-2-1-3-6-16/h1-3,5-6,9-13H,4,7-8,14H2,(H,25,26,28). The van der Waals surface area contributed by atoms with Gasteiger partial charge in [-0.05, 0) is 24.1 Å². The third kappa shape index (κ3) is 6.22. The number of aromatic nitrogens is 3. The number of nitrogens with one attached hydrogen (secondary N) is 1. The van der Waals surface area contributed by atoms with Gasteiger partial charge in [-0.25, -0.2) is 9.37 Å². The van der Waals surface area contributed by atoms with E-state index in [2.05, 4.69) is 20.5 Å². The van der Waals surface area contributed by atoms with Crippen LogP contribution in [-0.2, 0) is 17.0 Å². The number of amides is 1. The number of hydrogen-bond donors (Lipinski definition) is 1. The number of rotatable bonds is 9. The summed E-state index contributed by atoms with van der Waals surface area (Å²) in [5.74, 6) is 1.61. The van der Waals surface area contributed by atoms with Crippen LogP contribution in [0.1, 0.15) is 24.3 Å². The van der Waals surface area contributed by atoms with Gasteiger partial charge in [-0.3, -0.25) is 4.79 Å². The number of oxazole rings is 1. The minimum absolute atomic E-state index is 0.124. The molecule has 4 rings (SSSR count). The predicted molar refractivity (Wildman–Crippen MR) is 119 cm³/mol. The zero-order chi connectivity index (χ0) is 21.5. The Morgan fingerprint density at radius 2 is 1.90 bits per heavy atom. The first-order valence-corrected chi connectivity index (χ1v) is 11.5. The number of anilines is 1. The Balaban J connectivity index is 1.20. The summed E-state index contributed by atoms with van der Waals surface area (Å²) in [6.45, 7) is 0. The molecular weight excluding hydrogens is 435 g/mol. The quantitative estimate of drug-likeness (QED) is 0.262. The van der Waals surface area contributed by atoms with E-state index in [0.717, 1.165) is 21.2 Å². The lowest BCUT2D eigenvalue weighted by Gasteiger charge is -2.00. The molecule has 1 N–H and O–H groups in total. The molecule has 31 heavy (non-hydrogen) atoms. The average molecular weight is 455 g/mol. The van der Waals surface area contributed by atoms with Gasteiger partial charge in [-0.1, -0.05) is 65.6 Å². The zero-order valence-corrected chi connectivity index (χ0v) is 18.1. The second-order valence-corrected chi connectivity index (χ2v) is 8.87. The minimum Gasteiger partial charge on any atom is -0.441 e. The molecule has 9 heteroatoms. The van der Waals surface area contributed by atoms with Gasteiger partial charge < -0.3 is 9.73 Å². The third-order valence-corrected chi connectivity index (χ3v) is 6.38. The Hall–Kier alpha value is -3.04. The van der Waals surface area contributed by atoms with Crippen molar-refractivity contribution in [3.8, 4) is 11.3 Å². The maximum absolute atomic E-state index is 13.0. The van der Waals surface area contributed by atoms with E-state index in [0.29, 0.717) is 36.0 Å². The van der Waals surface area contributed by atoms with E-state index in [4.69, 9.17) is 4.42 Å². The van der Waals surface area contributed by atoms with Gasteiger partial charge in [0.1, 0.15) is 5.82 Å². The number of hydrogen-bond acceptors (Lipinski definition) is 7. The fourth-order valence-corrected chi connectivity index (χ4v) is 4.51. The van der Waals surface area contributed by atoms with Crippen molar-refractivity contribution < 1.29 is 13.6 Å². The second kappa shape index (κ2) is 10.3. The summed E-state index contributed by atoms with van der Waals surface area (Å²) in [6, 6.07) is 16.1. The van der Waals surface area contributed by atoms with Gasteiger partial charge in [0.05, 0.1) is 6.20 Å². The van der Waals surface area contributed by atoms with Crippen molar-refractivity contribution in [1.29, 1.82) is 0 Å². The van der Waals surface area contributed by atoms with Crippen LogP contribution in [0.25, 0.3) is 11.3 Å². The van der Waals surface area contributed by atoms with E-state index < -0.39 is 0 Å². The number of benzene rings is 2. The highest BCUT2D eigenvalue weighted by Gasteiger charge is 2.11. The van der Waals surface area contributed by atoms with E-state index in [1.165, 1.54) is 35.2 Å². The van der Waals surface area contributed by atoms with E-state index in [-0.39, 0.29) is 11.7 Å². The van der Waals surface area contributed by atoms with Crippen molar-refractivity contribution in [2.75, 3.05) is 5.32 Å². The van der Waals surface area contributed by atoms with Crippen molar-refractivity contribution in [3.05, 3.63) is 78.1 Å². The van der Waals surface area contributed by atoms with Crippen LogP contribution in [0.15, 0.2) is 69.6 Å². The average Bonchev–Trinajstić information content (AvgIpc) is 3.44. The SMILES string of the molecule is O=C(CCCc1ncc(-c2ccccc2)o1)Nc1nnc(SCc2ccc(F)cc2)s1. The van der Waals surface area contributed by atoms with Crippen molar-refractivity contribution in [2.45, 2.75) is 29.4 Å². The topological polar surface area (TPSA) is 80.9 Å². The van der Waals surface area contributed by atoms with Crippen LogP contribution in [0.2, 0.25) is 0 Å². The fourth-order valence-electron chi connectivity index (χ4n) is 2.79. The maximum Gasteiger partial charge on any atom is 0.226 e. The summed E-state index contributed by atoms with van der Waals surface area (Å²) < 4.78 is 19.5. The molecule has 2 heterocycles. The van der Waals surface area contributed by atoms with Crippen LogP contribution in [0, 0.1) is 5.82 Å². The number of halogens is 1. The maximum atomic E-state index is 13.0. The van der Waals surface area contributed by atoms with Gasteiger partial charge in [0.2, 0.25) is 11.0 Å². The Labute approximate surface area is 186 Å². The molecule has 0 saturated heterocycles. The van der Waals surface area contributed by atoms with Crippen LogP contribution >= 0.6 is 23.1 Å². The van der Waals surface area contributed by atoms with Gasteiger partial charge in [0, 0.05) is 24.2 Å². The summed E-state index contributed by atoms with van der Waals surface area (Å²) in [7, 11) is 0. The lowest BCUT2D eigenvalue weighted by molar-refractivity contribution is -0.116. The van der Waals surface area contributed by atoms with E-state index in [1.807, 2.05) is 30.3 Å². The van der Waals surface area contributed by atoms with Gasteiger partial charge in [-0.2, -0.15) is 0 Å². The lowest BCUT2D eigenvalue weighted by atomic mass is 10.2. The Kier molecular flexibility index (Phi) is 7.06. The molecule has 0 radical (unpaired) electrons. The monoisotopic (exact) mass is 454 g/mol. The highest BCUT2D eigenvalue weighted by Crippen LogP contribution is 2.28. The summed E-state index contributed by atoms with van der Waals surface area (Å²) >= 11 is 2.81. The molecule has 0 atom stereocenters. The van der Waals surface area contributed by atoms with E-state index >= 15 is 0 Å². The second-order valence-electron chi connectivity index (χ2n) is 6.67. The van der Waals surface area contributed by atoms with Crippen LogP contribution in [-0.4, -0.2) is 21.1 Å². The molecule has 0 aliphatic carbocycles. The Morgan fingerprint density at radius 1 is 1.10 bits per heavy atom. The van der Waals surface area contributed by atoms with Gasteiger partial charge in [-0.15, -0.1) is 10.2 Å². The largest absolute Gasteiger partial charge is 0.441 e. The summed E-state index contributed by atoms with van der Waals surface area (Å²) in [5.41, 5.74) is 1.97. The number of nitrogens with zero attached hydrogens (tertiary/aromatic N) is 3. The molecule has 0 aliphatic heterocycles. The summed E-state index contributed by atoms with van der Waals surface area (Å²) in [5, 5.41) is 11.3. The zero-order valence-electron chi connectivity index (χ0n) is 16.5. The van der Waals surface area contributed by atoms with Gasteiger partial charge >= 0.3 is 0 Å². The van der Waals surface area contributed by atoms with Crippen LogP contribution < -0.4 is 5.32 Å². The molecule has 0 aliphatic rings. The van der Waals surface area contributed by atoms with E-state index in [1.54, 1.807) is 18.3 Å². The van der Waals surface area contributed by atoms with Gasteiger partial charge in [0.15, 0.2) is 16.0 Å². The molecule has 158 valence electrons. The first-order chi connectivity index (χ1) is 15.2. The Bertz CT molecular complexity index is 1130. The lowest BCUT2D eigenvalue weighted by Crippen LogP contribution is -2.11. The minimum atomic E-state index is -0.255. The summed E-state index contributed by atoms with van der Waals surface area (Å²) in [4.78, 5) is 16.5. The molecule has 4 aromatic rings. The molecule has 1 amide bonds. The molecule has 0 bridgehead atoms. The van der Waals surface area contributed by atoms with Crippen molar-refractivity contribution in [3.63, 3.8) is 0 Å². The molecule has 2 aromatic heterocycles. The van der Waals surface area contributed by atoms with Gasteiger partial charge in [0.25, 0.3) is 0 Å². The van der Waals surface area contributed by atoms with E-state index in [9.17, 15) is 9.18 Å². The van der Waals surface area contributed by atoms with Crippen LogP contribution in [0.3, 0.4) is 0 Å². The molecule has 6 nitrogen and oxygen atoms in total. The normalized spacial score (nSPS) is 10.9. The number of thioether (sulfide) groups is 1. The first kappa shape index (κ1) is 21.2. The third-order valence-electron chi connectivity index (χ3n) is 4.33. The highest BCUT2D eigenvalue weighted by atomic mass is 32.2. The number of carbonyl (C=O) groups excluding carboxylic acids is 1. The first-order valence-electron chi connectivity index (χ1n) is 9.66. The Morgan fingerprint density at radius 3 is 2.71 bits per heavy atom. The predicted octanol–water partition coefficient (Wildman–Crippen LogP) is 5.59. The molecule has 2 aromatic carbocycles. The smallest absolute Gasteiger partial charge is 0.226 e. The van der Waals surface area contributed by atoms with Crippen molar-refractivity contribution in [1.82, 2.24) is 15.2 Å². The van der Waals surface area contributed by atoms with Crippen molar-refractivity contribution >= 4 is 34.1 Å².